The maximum atomic E-state index is 14.3. The molecule has 3 aromatic heterocycles. The molecule has 0 atom stereocenters. The summed E-state index contributed by atoms with van der Waals surface area (Å²) in [6.45, 7) is 0. The van der Waals surface area contributed by atoms with E-state index >= 15 is 0 Å². The van der Waals surface area contributed by atoms with Crippen molar-refractivity contribution in [1.29, 1.82) is 0 Å². The van der Waals surface area contributed by atoms with Crippen LogP contribution >= 0.6 is 0 Å². The number of carbonyl (C=O) groups is 1. The van der Waals surface area contributed by atoms with E-state index in [9.17, 15) is 22.4 Å². The average molecular weight is 393 g/mol. The summed E-state index contributed by atoms with van der Waals surface area (Å²) in [5.41, 5.74) is -0.441. The average Bonchev–Trinajstić information content (AvgIpc) is 3.31. The van der Waals surface area contributed by atoms with E-state index in [0.29, 0.717) is 0 Å². The normalized spacial score (nSPS) is 11.7. The van der Waals surface area contributed by atoms with Gasteiger partial charge in [-0.15, -0.1) is 0 Å². The minimum absolute atomic E-state index is 0.0918. The van der Waals surface area contributed by atoms with Crippen molar-refractivity contribution in [2.75, 3.05) is 5.32 Å². The van der Waals surface area contributed by atoms with Gasteiger partial charge in [-0.05, 0) is 24.3 Å². The molecule has 4 rings (SSSR count). The van der Waals surface area contributed by atoms with E-state index in [4.69, 9.17) is 0 Å². The van der Waals surface area contributed by atoms with Crippen molar-refractivity contribution in [3.63, 3.8) is 0 Å². The van der Waals surface area contributed by atoms with E-state index in [2.05, 4.69) is 35.0 Å². The number of hydrogen-bond donors (Lipinski definition) is 1. The summed E-state index contributed by atoms with van der Waals surface area (Å²) >= 11 is 0. The van der Waals surface area contributed by atoms with Gasteiger partial charge in [0.15, 0.2) is 0 Å². The molecule has 0 fully saturated rings. The Morgan fingerprint density at radius 1 is 1.18 bits per heavy atom. The van der Waals surface area contributed by atoms with Crippen molar-refractivity contribution in [3.05, 3.63) is 54.1 Å². The summed E-state index contributed by atoms with van der Waals surface area (Å²) in [4.78, 5) is 23.3. The predicted molar refractivity (Wildman–Crippen MR) is 83.4 cm³/mol. The number of aromatic nitrogens is 6. The third-order valence-corrected chi connectivity index (χ3v) is 3.56. The number of carbonyl (C=O) groups excluding carboxylic acids is 1. The molecule has 0 saturated heterocycles. The summed E-state index contributed by atoms with van der Waals surface area (Å²) in [5.74, 6) is -3.38. The lowest BCUT2D eigenvalue weighted by molar-refractivity contribution is -0.159. The molecule has 0 aliphatic rings. The molecule has 0 bridgehead atoms. The van der Waals surface area contributed by atoms with Crippen LogP contribution in [0, 0.1) is 5.82 Å². The first-order valence-corrected chi connectivity index (χ1v) is 7.50. The SMILES string of the molecule is O=C(Nc1ccnc2ncnn12)c1ccc(-c2noc(C(F)(F)F)n2)c(F)c1. The summed E-state index contributed by atoms with van der Waals surface area (Å²) in [7, 11) is 0. The first kappa shape index (κ1) is 17.5. The fraction of sp³-hybridized carbons (Fsp3) is 0.0667. The number of nitrogens with one attached hydrogen (secondary N) is 1. The molecular weight excluding hydrogens is 386 g/mol. The van der Waals surface area contributed by atoms with E-state index in [1.807, 2.05) is 0 Å². The van der Waals surface area contributed by atoms with Gasteiger partial charge in [-0.1, -0.05) is 5.16 Å². The number of halogens is 4. The Labute approximate surface area is 152 Å². The highest BCUT2D eigenvalue weighted by atomic mass is 19.4. The van der Waals surface area contributed by atoms with E-state index in [1.54, 1.807) is 0 Å². The molecule has 3 heterocycles. The lowest BCUT2D eigenvalue weighted by Crippen LogP contribution is -2.15. The molecule has 1 aromatic carbocycles. The molecule has 0 aliphatic carbocycles. The molecule has 0 unspecified atom stereocenters. The highest BCUT2D eigenvalue weighted by molar-refractivity contribution is 6.04. The van der Waals surface area contributed by atoms with E-state index in [0.717, 1.165) is 12.1 Å². The Morgan fingerprint density at radius 2 is 2.00 bits per heavy atom. The second-order valence-corrected chi connectivity index (χ2v) is 5.37. The van der Waals surface area contributed by atoms with Gasteiger partial charge >= 0.3 is 12.1 Å². The van der Waals surface area contributed by atoms with Crippen molar-refractivity contribution in [3.8, 4) is 11.4 Å². The second kappa shape index (κ2) is 6.37. The highest BCUT2D eigenvalue weighted by Gasteiger charge is 2.38. The number of rotatable bonds is 3. The number of benzene rings is 1. The molecular formula is C15H7F4N7O2. The number of amides is 1. The molecule has 13 heteroatoms. The van der Waals surface area contributed by atoms with Gasteiger partial charge in [0.05, 0.1) is 5.56 Å². The van der Waals surface area contributed by atoms with E-state index < -0.39 is 29.6 Å². The molecule has 9 nitrogen and oxygen atoms in total. The van der Waals surface area contributed by atoms with Crippen LogP contribution in [-0.4, -0.2) is 35.6 Å². The van der Waals surface area contributed by atoms with Gasteiger partial charge < -0.3 is 9.84 Å². The minimum Gasteiger partial charge on any atom is -0.329 e. The topological polar surface area (TPSA) is 111 Å². The Hall–Kier alpha value is -3.90. The van der Waals surface area contributed by atoms with Gasteiger partial charge in [0.1, 0.15) is 18.0 Å². The number of anilines is 1. The Bertz CT molecular complexity index is 1180. The maximum Gasteiger partial charge on any atom is 0.471 e. The van der Waals surface area contributed by atoms with Gasteiger partial charge in [0, 0.05) is 11.8 Å². The van der Waals surface area contributed by atoms with Gasteiger partial charge in [-0.3, -0.25) is 4.79 Å². The smallest absolute Gasteiger partial charge is 0.329 e. The fourth-order valence-electron chi connectivity index (χ4n) is 2.31. The lowest BCUT2D eigenvalue weighted by atomic mass is 10.1. The van der Waals surface area contributed by atoms with Crippen LogP contribution in [0.5, 0.6) is 0 Å². The molecule has 0 spiro atoms. The van der Waals surface area contributed by atoms with Crippen LogP contribution in [0.2, 0.25) is 0 Å². The highest BCUT2D eigenvalue weighted by Crippen LogP contribution is 2.30. The van der Waals surface area contributed by atoms with Gasteiger partial charge in [0.2, 0.25) is 5.82 Å². The Balaban J connectivity index is 1.60. The number of alkyl halides is 3. The third-order valence-electron chi connectivity index (χ3n) is 3.56. The molecule has 142 valence electrons. The Morgan fingerprint density at radius 3 is 2.71 bits per heavy atom. The summed E-state index contributed by atoms with van der Waals surface area (Å²) in [6, 6.07) is 4.58. The van der Waals surface area contributed by atoms with Crippen LogP contribution < -0.4 is 5.32 Å². The van der Waals surface area contributed by atoms with Crippen LogP contribution in [0.15, 0.2) is 41.3 Å². The number of nitrogens with zero attached hydrogens (tertiary/aromatic N) is 6. The van der Waals surface area contributed by atoms with Crippen LogP contribution in [0.3, 0.4) is 0 Å². The standard InChI is InChI=1S/C15H7F4N7O2/c16-9-5-7(1-2-8(9)11-24-13(28-25-11)15(17,18)19)12(27)23-10-3-4-20-14-21-6-22-26(10)14/h1-6H,(H,23,27). The molecule has 1 amide bonds. The van der Waals surface area contributed by atoms with Gasteiger partial charge in [-0.2, -0.15) is 32.8 Å². The molecule has 28 heavy (non-hydrogen) atoms. The molecule has 0 saturated carbocycles. The van der Waals surface area contributed by atoms with Crippen LogP contribution in [0.4, 0.5) is 23.4 Å². The van der Waals surface area contributed by atoms with Crippen LogP contribution in [-0.2, 0) is 6.18 Å². The molecule has 0 aliphatic heterocycles. The lowest BCUT2D eigenvalue weighted by Gasteiger charge is -2.07. The van der Waals surface area contributed by atoms with Crippen LogP contribution in [0.1, 0.15) is 16.2 Å². The molecule has 4 aromatic rings. The van der Waals surface area contributed by atoms with Crippen molar-refractivity contribution < 1.29 is 26.9 Å². The van der Waals surface area contributed by atoms with Crippen molar-refractivity contribution >= 4 is 17.5 Å². The quantitative estimate of drug-likeness (QED) is 0.533. The monoisotopic (exact) mass is 393 g/mol. The van der Waals surface area contributed by atoms with Crippen LogP contribution in [0.25, 0.3) is 17.2 Å². The predicted octanol–water partition coefficient (Wildman–Crippen LogP) is 2.58. The summed E-state index contributed by atoms with van der Waals surface area (Å²) in [6.07, 6.45) is -2.21. The van der Waals surface area contributed by atoms with Crippen molar-refractivity contribution in [2.24, 2.45) is 0 Å². The zero-order valence-corrected chi connectivity index (χ0v) is 13.5. The zero-order chi connectivity index (χ0) is 19.9. The summed E-state index contributed by atoms with van der Waals surface area (Å²) < 4.78 is 57.2. The fourth-order valence-corrected chi connectivity index (χ4v) is 2.31. The number of hydrogen-bond acceptors (Lipinski definition) is 7. The van der Waals surface area contributed by atoms with E-state index in [1.165, 1.54) is 29.2 Å². The second-order valence-electron chi connectivity index (χ2n) is 5.37. The molecule has 1 N–H and O–H groups in total. The van der Waals surface area contributed by atoms with Gasteiger partial charge in [-0.25, -0.2) is 9.37 Å². The first-order valence-electron chi connectivity index (χ1n) is 7.50. The van der Waals surface area contributed by atoms with E-state index in [-0.39, 0.29) is 22.7 Å². The number of fused-ring (bicyclic) bond motifs is 1. The maximum absolute atomic E-state index is 14.3. The third kappa shape index (κ3) is 3.13. The summed E-state index contributed by atoms with van der Waals surface area (Å²) in [5, 5.41) is 9.52. The Kier molecular flexibility index (Phi) is 3.98. The van der Waals surface area contributed by atoms with Gasteiger partial charge in [0.25, 0.3) is 11.7 Å². The molecule has 0 radical (unpaired) electrons. The minimum atomic E-state index is -4.85. The first-order chi connectivity index (χ1) is 13.3. The van der Waals surface area contributed by atoms with Crippen molar-refractivity contribution in [2.45, 2.75) is 6.18 Å². The zero-order valence-electron chi connectivity index (χ0n) is 13.5. The largest absolute Gasteiger partial charge is 0.471 e. The van der Waals surface area contributed by atoms with Crippen molar-refractivity contribution in [1.82, 2.24) is 29.7 Å².